The van der Waals surface area contributed by atoms with E-state index in [4.69, 9.17) is 4.18 Å². The largest absolute Gasteiger partial charge is 0.377 e. The first kappa shape index (κ1) is 14.5. The highest BCUT2D eigenvalue weighted by Crippen LogP contribution is 2.27. The predicted octanol–water partition coefficient (Wildman–Crippen LogP) is 3.45. The van der Waals surface area contributed by atoms with Crippen molar-refractivity contribution < 1.29 is 17.0 Å². The van der Waals surface area contributed by atoms with Crippen molar-refractivity contribution >= 4 is 21.0 Å². The van der Waals surface area contributed by atoms with Crippen LogP contribution in [0.25, 0.3) is 10.9 Å². The van der Waals surface area contributed by atoms with Gasteiger partial charge in [-0.05, 0) is 42.8 Å². The van der Waals surface area contributed by atoms with Crippen LogP contribution in [0.4, 0.5) is 4.39 Å². The summed E-state index contributed by atoms with van der Waals surface area (Å²) in [6, 6.07) is 12.0. The molecule has 0 N–H and O–H groups in total. The Morgan fingerprint density at radius 2 is 1.86 bits per heavy atom. The molecule has 0 unspecified atom stereocenters. The lowest BCUT2D eigenvalue weighted by Gasteiger charge is -2.10. The summed E-state index contributed by atoms with van der Waals surface area (Å²) < 4.78 is 43.1. The van der Waals surface area contributed by atoms with Gasteiger partial charge >= 0.3 is 10.1 Å². The van der Waals surface area contributed by atoms with E-state index in [9.17, 15) is 12.8 Å². The van der Waals surface area contributed by atoms with Gasteiger partial charge in [0, 0.05) is 11.6 Å². The highest BCUT2D eigenvalue weighted by Gasteiger charge is 2.21. The fourth-order valence-electron chi connectivity index (χ4n) is 2.20. The van der Waals surface area contributed by atoms with Gasteiger partial charge in [0.25, 0.3) is 0 Å². The minimum atomic E-state index is -4.06. The monoisotopic (exact) mass is 317 g/mol. The topological polar surface area (TPSA) is 56.3 Å². The van der Waals surface area contributed by atoms with Crippen molar-refractivity contribution in [2.45, 2.75) is 11.8 Å². The summed E-state index contributed by atoms with van der Waals surface area (Å²) >= 11 is 0. The molecule has 2 aromatic carbocycles. The lowest BCUT2D eigenvalue weighted by atomic mass is 10.2. The molecule has 0 spiro atoms. The molecule has 0 amide bonds. The number of aryl methyl sites for hydroxylation is 1. The maximum absolute atomic E-state index is 13.1. The van der Waals surface area contributed by atoms with E-state index in [-0.39, 0.29) is 16.2 Å². The molecular formula is C16H12FNO3S. The number of nitrogens with zero attached hydrogens (tertiary/aromatic N) is 1. The minimum absolute atomic E-state index is 0.0677. The summed E-state index contributed by atoms with van der Waals surface area (Å²) in [6.07, 6.45) is 1.56. The van der Waals surface area contributed by atoms with Crippen molar-refractivity contribution in [3.05, 3.63) is 66.1 Å². The van der Waals surface area contributed by atoms with Crippen LogP contribution in [0.15, 0.2) is 59.6 Å². The molecule has 112 valence electrons. The third-order valence-corrected chi connectivity index (χ3v) is 4.60. The van der Waals surface area contributed by atoms with Crippen molar-refractivity contribution in [2.75, 3.05) is 0 Å². The van der Waals surface area contributed by atoms with Crippen molar-refractivity contribution in [1.29, 1.82) is 0 Å². The second-order valence-electron chi connectivity index (χ2n) is 4.78. The quantitative estimate of drug-likeness (QED) is 0.694. The minimum Gasteiger partial charge on any atom is -0.377 e. The van der Waals surface area contributed by atoms with E-state index < -0.39 is 15.9 Å². The Balaban J connectivity index is 2.07. The number of halogens is 1. The first-order valence-electron chi connectivity index (χ1n) is 6.52. The number of fused-ring (bicyclic) bond motifs is 1. The fourth-order valence-corrected chi connectivity index (χ4v) is 3.35. The lowest BCUT2D eigenvalue weighted by molar-refractivity contribution is 0.487. The van der Waals surface area contributed by atoms with Crippen molar-refractivity contribution in [3.63, 3.8) is 0 Å². The van der Waals surface area contributed by atoms with Crippen molar-refractivity contribution in [1.82, 2.24) is 4.98 Å². The molecule has 0 aliphatic carbocycles. The summed E-state index contributed by atoms with van der Waals surface area (Å²) in [5.41, 5.74) is 0.738. The highest BCUT2D eigenvalue weighted by atomic mass is 32.2. The Labute approximate surface area is 127 Å². The maximum atomic E-state index is 13.1. The van der Waals surface area contributed by atoms with Gasteiger partial charge in [-0.1, -0.05) is 18.2 Å². The molecule has 0 saturated carbocycles. The van der Waals surface area contributed by atoms with Gasteiger partial charge in [0.2, 0.25) is 0 Å². The number of hydrogen-bond acceptors (Lipinski definition) is 4. The van der Waals surface area contributed by atoms with E-state index in [1.165, 1.54) is 19.1 Å². The molecule has 6 heteroatoms. The molecule has 0 radical (unpaired) electrons. The number of benzene rings is 2. The molecule has 3 rings (SSSR count). The number of pyridine rings is 1. The van der Waals surface area contributed by atoms with Gasteiger partial charge in [-0.25, -0.2) is 4.39 Å². The Kier molecular flexibility index (Phi) is 3.54. The zero-order valence-corrected chi connectivity index (χ0v) is 12.5. The van der Waals surface area contributed by atoms with Crippen molar-refractivity contribution in [2.24, 2.45) is 0 Å². The number of rotatable bonds is 3. The molecule has 1 heterocycles. The zero-order valence-electron chi connectivity index (χ0n) is 11.7. The van der Waals surface area contributed by atoms with Crippen LogP contribution < -0.4 is 4.18 Å². The van der Waals surface area contributed by atoms with Crippen LogP contribution in [0.1, 0.15) is 5.56 Å². The van der Waals surface area contributed by atoms with E-state index in [1.54, 1.807) is 18.3 Å². The van der Waals surface area contributed by atoms with Crippen LogP contribution in [0, 0.1) is 12.7 Å². The van der Waals surface area contributed by atoms with E-state index in [0.29, 0.717) is 5.52 Å². The van der Waals surface area contributed by atoms with E-state index in [0.717, 1.165) is 17.5 Å². The van der Waals surface area contributed by atoms with Gasteiger partial charge in [0.05, 0.1) is 0 Å². The second kappa shape index (κ2) is 5.38. The molecule has 1 aromatic heterocycles. The Morgan fingerprint density at radius 1 is 1.09 bits per heavy atom. The van der Waals surface area contributed by atoms with E-state index in [1.807, 2.05) is 12.1 Å². The van der Waals surface area contributed by atoms with Gasteiger partial charge in [-0.3, -0.25) is 4.98 Å². The molecule has 0 fully saturated rings. The summed E-state index contributed by atoms with van der Waals surface area (Å²) in [5, 5.41) is 0.769. The van der Waals surface area contributed by atoms with Gasteiger partial charge in [0.1, 0.15) is 16.2 Å². The van der Waals surface area contributed by atoms with Gasteiger partial charge < -0.3 is 4.18 Å². The fraction of sp³-hybridized carbons (Fsp3) is 0.0625. The average molecular weight is 317 g/mol. The third kappa shape index (κ3) is 2.65. The highest BCUT2D eigenvalue weighted by molar-refractivity contribution is 7.87. The normalized spacial score (nSPS) is 11.5. The summed E-state index contributed by atoms with van der Waals surface area (Å²) in [6.45, 7) is 1.51. The van der Waals surface area contributed by atoms with Crippen LogP contribution in [0.2, 0.25) is 0 Å². The smallest absolute Gasteiger partial charge is 0.339 e. The summed E-state index contributed by atoms with van der Waals surface area (Å²) in [5.74, 6) is -0.356. The second-order valence-corrected chi connectivity index (χ2v) is 6.29. The predicted molar refractivity (Wildman–Crippen MR) is 80.7 cm³/mol. The first-order valence-corrected chi connectivity index (χ1v) is 7.92. The molecule has 0 aliphatic heterocycles. The summed E-state index contributed by atoms with van der Waals surface area (Å²) in [4.78, 5) is 4.08. The standard InChI is InChI=1S/C16H12FNO3S/c1-11-10-13(17)7-8-15(11)22(19,20)21-14-6-2-4-12-5-3-9-18-16(12)14/h2-10H,1H3. The maximum Gasteiger partial charge on any atom is 0.339 e. The Hall–Kier alpha value is -2.47. The molecule has 0 atom stereocenters. The SMILES string of the molecule is Cc1cc(F)ccc1S(=O)(=O)Oc1cccc2cccnc12. The number of para-hydroxylation sites is 1. The number of aromatic nitrogens is 1. The average Bonchev–Trinajstić information content (AvgIpc) is 2.47. The van der Waals surface area contributed by atoms with Gasteiger partial charge in [0.15, 0.2) is 5.75 Å². The molecule has 22 heavy (non-hydrogen) atoms. The van der Waals surface area contributed by atoms with Gasteiger partial charge in [-0.2, -0.15) is 8.42 Å². The third-order valence-electron chi connectivity index (χ3n) is 3.20. The first-order chi connectivity index (χ1) is 10.5. The number of hydrogen-bond donors (Lipinski definition) is 0. The molecule has 0 aliphatic rings. The van der Waals surface area contributed by atoms with Crippen LogP contribution >= 0.6 is 0 Å². The van der Waals surface area contributed by atoms with Crippen LogP contribution in [-0.4, -0.2) is 13.4 Å². The molecule has 3 aromatic rings. The molecular weight excluding hydrogens is 305 g/mol. The zero-order chi connectivity index (χ0) is 15.7. The Bertz CT molecular complexity index is 949. The van der Waals surface area contributed by atoms with Crippen molar-refractivity contribution in [3.8, 4) is 5.75 Å². The van der Waals surface area contributed by atoms with E-state index >= 15 is 0 Å². The molecule has 0 saturated heterocycles. The van der Waals surface area contributed by atoms with E-state index in [2.05, 4.69) is 4.98 Å². The van der Waals surface area contributed by atoms with Crippen LogP contribution in [0.5, 0.6) is 5.75 Å². The lowest BCUT2D eigenvalue weighted by Crippen LogP contribution is -2.11. The Morgan fingerprint density at radius 3 is 2.64 bits per heavy atom. The molecule has 4 nitrogen and oxygen atoms in total. The molecule has 0 bridgehead atoms. The van der Waals surface area contributed by atoms with Crippen LogP contribution in [0.3, 0.4) is 0 Å². The van der Waals surface area contributed by atoms with Gasteiger partial charge in [-0.15, -0.1) is 0 Å². The summed E-state index contributed by atoms with van der Waals surface area (Å²) in [7, 11) is -4.06. The van der Waals surface area contributed by atoms with Crippen LogP contribution in [-0.2, 0) is 10.1 Å².